The molecule has 0 saturated heterocycles. The molecule has 1 N–H and O–H groups in total. The lowest BCUT2D eigenvalue weighted by atomic mass is 10.1. The van der Waals surface area contributed by atoms with Gasteiger partial charge >= 0.3 is 5.97 Å². The van der Waals surface area contributed by atoms with Crippen LogP contribution in [0.25, 0.3) is 0 Å². The van der Waals surface area contributed by atoms with E-state index in [-0.39, 0.29) is 24.3 Å². The third-order valence-electron chi connectivity index (χ3n) is 4.44. The first-order valence-electron chi connectivity index (χ1n) is 9.60. The van der Waals surface area contributed by atoms with Gasteiger partial charge in [0.1, 0.15) is 0 Å². The number of hydrogen-bond acceptors (Lipinski definition) is 6. The van der Waals surface area contributed by atoms with Gasteiger partial charge in [-0.25, -0.2) is 0 Å². The maximum Gasteiger partial charge on any atom is 0.313 e. The van der Waals surface area contributed by atoms with E-state index in [4.69, 9.17) is 4.74 Å². The second-order valence-corrected chi connectivity index (χ2v) is 7.75. The molecule has 3 aromatic rings. The van der Waals surface area contributed by atoms with Crippen molar-refractivity contribution in [2.75, 3.05) is 13.2 Å². The van der Waals surface area contributed by atoms with Gasteiger partial charge in [-0.2, -0.15) is 0 Å². The Kier molecular flexibility index (Phi) is 7.45. The van der Waals surface area contributed by atoms with Gasteiger partial charge in [-0.1, -0.05) is 30.3 Å². The molecule has 30 heavy (non-hydrogen) atoms. The summed E-state index contributed by atoms with van der Waals surface area (Å²) < 4.78 is 5.32. The number of esters is 1. The van der Waals surface area contributed by atoms with E-state index in [9.17, 15) is 14.4 Å². The minimum absolute atomic E-state index is 0.0585. The van der Waals surface area contributed by atoms with Gasteiger partial charge in [0.15, 0.2) is 0 Å². The topological polar surface area (TPSA) is 85.4 Å². The number of nitrogens with zero attached hydrogens (tertiary/aromatic N) is 1. The molecule has 0 spiro atoms. The van der Waals surface area contributed by atoms with Gasteiger partial charge in [0.25, 0.3) is 5.91 Å². The van der Waals surface area contributed by atoms with Gasteiger partial charge in [-0.3, -0.25) is 19.4 Å². The van der Waals surface area contributed by atoms with E-state index in [0.29, 0.717) is 29.0 Å². The largest absolute Gasteiger partial charge is 0.465 e. The first kappa shape index (κ1) is 21.4. The summed E-state index contributed by atoms with van der Waals surface area (Å²) in [5, 5.41) is 2.76. The average molecular weight is 423 g/mol. The molecule has 2 heterocycles. The molecule has 0 bridgehead atoms. The van der Waals surface area contributed by atoms with Crippen LogP contribution in [0.1, 0.15) is 49.7 Å². The van der Waals surface area contributed by atoms with Crippen LogP contribution < -0.4 is 5.32 Å². The van der Waals surface area contributed by atoms with E-state index < -0.39 is 5.92 Å². The zero-order chi connectivity index (χ0) is 21.3. The van der Waals surface area contributed by atoms with E-state index in [1.54, 1.807) is 49.5 Å². The fourth-order valence-electron chi connectivity index (χ4n) is 2.73. The molecule has 0 radical (unpaired) electrons. The minimum Gasteiger partial charge on any atom is -0.465 e. The van der Waals surface area contributed by atoms with Crippen molar-refractivity contribution < 1.29 is 19.1 Å². The number of amides is 1. The molecule has 7 heteroatoms. The summed E-state index contributed by atoms with van der Waals surface area (Å²) in [6, 6.07) is 16.0. The second-order valence-electron chi connectivity index (χ2n) is 6.64. The zero-order valence-corrected chi connectivity index (χ0v) is 17.4. The van der Waals surface area contributed by atoms with Crippen molar-refractivity contribution in [2.45, 2.75) is 19.3 Å². The molecular formula is C23H22N2O4S. The van der Waals surface area contributed by atoms with E-state index in [1.165, 1.54) is 17.5 Å². The molecule has 0 fully saturated rings. The van der Waals surface area contributed by atoms with Gasteiger partial charge in [0.05, 0.1) is 23.0 Å². The predicted octanol–water partition coefficient (Wildman–Crippen LogP) is 3.84. The minimum atomic E-state index is -0.461. The Bertz CT molecular complexity index is 1000. The Morgan fingerprint density at radius 2 is 1.80 bits per heavy atom. The number of pyridine rings is 1. The van der Waals surface area contributed by atoms with Crippen LogP contribution >= 0.6 is 11.3 Å². The normalized spacial score (nSPS) is 11.5. The van der Waals surface area contributed by atoms with Gasteiger partial charge in [-0.05, 0) is 37.6 Å². The molecule has 0 aliphatic heterocycles. The zero-order valence-electron chi connectivity index (χ0n) is 16.5. The van der Waals surface area contributed by atoms with Crippen LogP contribution in [0.4, 0.5) is 0 Å². The monoisotopic (exact) mass is 422 g/mol. The predicted molar refractivity (Wildman–Crippen MR) is 115 cm³/mol. The lowest BCUT2D eigenvalue weighted by molar-refractivity contribution is -0.145. The lowest BCUT2D eigenvalue weighted by Gasteiger charge is -2.10. The highest BCUT2D eigenvalue weighted by molar-refractivity contribution is 7.14. The first-order valence-corrected chi connectivity index (χ1v) is 10.4. The van der Waals surface area contributed by atoms with Crippen LogP contribution in [0.3, 0.4) is 0 Å². The van der Waals surface area contributed by atoms with E-state index >= 15 is 0 Å². The highest BCUT2D eigenvalue weighted by Gasteiger charge is 2.21. The van der Waals surface area contributed by atoms with E-state index in [1.807, 2.05) is 18.2 Å². The standard InChI is InChI=1S/C23H22N2O4S/c1-16(19-10-11-20(30-19)21(26)17-7-3-2-4-8-17)23(28)29-14-6-13-25-22(27)18-9-5-12-24-15-18/h2-5,7-12,15-16H,6,13-14H2,1H3,(H,25,27). The number of carbonyl (C=O) groups excluding carboxylic acids is 3. The third kappa shape index (κ3) is 5.61. The van der Waals surface area contributed by atoms with Gasteiger partial charge in [0.2, 0.25) is 5.78 Å². The molecule has 154 valence electrons. The fraction of sp³-hybridized carbons (Fsp3) is 0.217. The van der Waals surface area contributed by atoms with Crippen molar-refractivity contribution in [3.05, 3.63) is 87.9 Å². The van der Waals surface area contributed by atoms with E-state index in [0.717, 1.165) is 4.88 Å². The molecule has 1 amide bonds. The second kappa shape index (κ2) is 10.5. The Hall–Kier alpha value is -3.32. The summed E-state index contributed by atoms with van der Waals surface area (Å²) in [4.78, 5) is 42.0. The molecule has 1 atom stereocenters. The summed E-state index contributed by atoms with van der Waals surface area (Å²) in [5.41, 5.74) is 1.11. The fourth-order valence-corrected chi connectivity index (χ4v) is 3.74. The number of nitrogens with one attached hydrogen (secondary N) is 1. The van der Waals surface area contributed by atoms with Crippen LogP contribution in [0.15, 0.2) is 67.0 Å². The summed E-state index contributed by atoms with van der Waals surface area (Å²) in [5.74, 6) is -1.08. The molecule has 1 aromatic carbocycles. The van der Waals surface area contributed by atoms with Crippen LogP contribution in [-0.4, -0.2) is 35.8 Å². The number of hydrogen-bond donors (Lipinski definition) is 1. The SMILES string of the molecule is CC(C(=O)OCCCNC(=O)c1cccnc1)c1ccc(C(=O)c2ccccc2)s1. The Morgan fingerprint density at radius 3 is 2.53 bits per heavy atom. The number of thiophene rings is 1. The molecule has 0 aliphatic carbocycles. The smallest absolute Gasteiger partial charge is 0.313 e. The third-order valence-corrected chi connectivity index (χ3v) is 5.71. The highest BCUT2D eigenvalue weighted by atomic mass is 32.1. The molecule has 0 saturated carbocycles. The van der Waals surface area contributed by atoms with Crippen molar-refractivity contribution in [3.8, 4) is 0 Å². The number of benzene rings is 1. The van der Waals surface area contributed by atoms with Crippen molar-refractivity contribution in [1.82, 2.24) is 10.3 Å². The number of ether oxygens (including phenoxy) is 1. The van der Waals surface area contributed by atoms with Crippen molar-refractivity contribution >= 4 is 29.0 Å². The molecule has 3 rings (SSSR count). The number of rotatable bonds is 9. The van der Waals surface area contributed by atoms with Crippen molar-refractivity contribution in [3.63, 3.8) is 0 Å². The summed E-state index contributed by atoms with van der Waals surface area (Å²) >= 11 is 1.30. The quantitative estimate of drug-likeness (QED) is 0.322. The van der Waals surface area contributed by atoms with E-state index in [2.05, 4.69) is 10.3 Å². The lowest BCUT2D eigenvalue weighted by Crippen LogP contribution is -2.25. The number of carbonyl (C=O) groups is 3. The Balaban J connectivity index is 1.43. The van der Waals surface area contributed by atoms with Crippen LogP contribution in [0.2, 0.25) is 0 Å². The summed E-state index contributed by atoms with van der Waals surface area (Å²) in [7, 11) is 0. The summed E-state index contributed by atoms with van der Waals surface area (Å²) in [6.07, 6.45) is 3.60. The summed E-state index contributed by atoms with van der Waals surface area (Å²) in [6.45, 7) is 2.36. The maximum atomic E-state index is 12.5. The van der Waals surface area contributed by atoms with Crippen molar-refractivity contribution in [1.29, 1.82) is 0 Å². The Labute approximate surface area is 178 Å². The molecule has 6 nitrogen and oxygen atoms in total. The first-order chi connectivity index (χ1) is 14.6. The number of aromatic nitrogens is 1. The number of ketones is 1. The van der Waals surface area contributed by atoms with Crippen LogP contribution in [0.5, 0.6) is 0 Å². The molecular weight excluding hydrogens is 400 g/mol. The van der Waals surface area contributed by atoms with Crippen molar-refractivity contribution in [2.24, 2.45) is 0 Å². The highest BCUT2D eigenvalue weighted by Crippen LogP contribution is 2.27. The Morgan fingerprint density at radius 1 is 1.03 bits per heavy atom. The van der Waals surface area contributed by atoms with Gasteiger partial charge in [0, 0.05) is 29.4 Å². The van der Waals surface area contributed by atoms with Crippen LogP contribution in [-0.2, 0) is 9.53 Å². The van der Waals surface area contributed by atoms with Gasteiger partial charge < -0.3 is 10.1 Å². The molecule has 0 aliphatic rings. The molecule has 1 unspecified atom stereocenters. The van der Waals surface area contributed by atoms with Crippen LogP contribution in [0, 0.1) is 0 Å². The maximum absolute atomic E-state index is 12.5. The molecule has 2 aromatic heterocycles. The van der Waals surface area contributed by atoms with Gasteiger partial charge in [-0.15, -0.1) is 11.3 Å². The average Bonchev–Trinajstić information content (AvgIpc) is 3.29.